The van der Waals surface area contributed by atoms with Crippen molar-refractivity contribution in [1.82, 2.24) is 14.5 Å². The van der Waals surface area contributed by atoms with Crippen molar-refractivity contribution < 1.29 is 26.0 Å². The number of benzene rings is 2. The largest absolute Gasteiger partial charge is 0.407 e. The molecule has 0 radical (unpaired) electrons. The van der Waals surface area contributed by atoms with Crippen molar-refractivity contribution in [2.24, 2.45) is 5.92 Å². The summed E-state index contributed by atoms with van der Waals surface area (Å²) in [4.78, 5) is 13.2. The number of nitrogens with zero attached hydrogens (tertiary/aromatic N) is 3. The maximum atomic E-state index is 13.0. The van der Waals surface area contributed by atoms with Crippen LogP contribution in [0.3, 0.4) is 0 Å². The highest BCUT2D eigenvalue weighted by Gasteiger charge is 2.34. The Bertz CT molecular complexity index is 1470. The van der Waals surface area contributed by atoms with Gasteiger partial charge in [-0.05, 0) is 68.7 Å². The molecular formula is C24H27ClN4O6S2. The molecule has 198 valence electrons. The molecule has 3 aromatic rings. The van der Waals surface area contributed by atoms with Crippen molar-refractivity contribution in [2.75, 3.05) is 18.4 Å². The molecule has 1 amide bonds. The predicted molar refractivity (Wildman–Crippen MR) is 137 cm³/mol. The Kier molecular flexibility index (Phi) is 8.02. The summed E-state index contributed by atoms with van der Waals surface area (Å²) in [5, 5.41) is 10.3. The van der Waals surface area contributed by atoms with Crippen LogP contribution in [0.4, 0.5) is 6.01 Å². The van der Waals surface area contributed by atoms with Crippen LogP contribution in [-0.4, -0.2) is 55.6 Å². The zero-order chi connectivity index (χ0) is 26.8. The lowest BCUT2D eigenvalue weighted by Gasteiger charge is -2.30. The third kappa shape index (κ3) is 6.20. The molecule has 10 nitrogen and oxygen atoms in total. The fraction of sp³-hybridized carbons (Fsp3) is 0.375. The maximum Gasteiger partial charge on any atom is 0.322 e. The number of carbonyl (C=O) groups is 1. The van der Waals surface area contributed by atoms with Gasteiger partial charge in [-0.1, -0.05) is 28.8 Å². The molecule has 0 saturated carbocycles. The van der Waals surface area contributed by atoms with E-state index in [1.165, 1.54) is 40.7 Å². The summed E-state index contributed by atoms with van der Waals surface area (Å²) in [5.74, 6) is -0.749. The third-order valence-electron chi connectivity index (χ3n) is 6.13. The summed E-state index contributed by atoms with van der Waals surface area (Å²) in [7, 11) is -7.12. The van der Waals surface area contributed by atoms with Crippen LogP contribution < -0.4 is 5.32 Å². The molecule has 1 unspecified atom stereocenters. The highest BCUT2D eigenvalue weighted by Crippen LogP contribution is 2.26. The van der Waals surface area contributed by atoms with Gasteiger partial charge >= 0.3 is 6.01 Å². The molecule has 1 saturated heterocycles. The summed E-state index contributed by atoms with van der Waals surface area (Å²) >= 11 is 5.87. The standard InChI is InChI=1S/C24H27ClN4O6S2/c1-16(2)36(31,32)20-9-5-17(6-10-20)14-22-27-28-24(35-22)26-23(30)18-4-3-13-29(15-18)37(33,34)21-11-7-19(25)8-12-21/h5-12,16,18H,3-4,13-15H2,1-2H3,(H,26,28,30). The van der Waals surface area contributed by atoms with E-state index in [1.54, 1.807) is 26.0 Å². The van der Waals surface area contributed by atoms with Crippen molar-refractivity contribution in [3.8, 4) is 0 Å². The third-order valence-corrected chi connectivity index (χ3v) is 10.4. The van der Waals surface area contributed by atoms with Crippen LogP contribution in [-0.2, 0) is 31.1 Å². The first-order valence-corrected chi connectivity index (χ1v) is 15.0. The summed E-state index contributed by atoms with van der Waals surface area (Å²) in [6.07, 6.45) is 1.30. The fourth-order valence-corrected chi connectivity index (χ4v) is 6.67. The number of sulfonamides is 1. The molecule has 1 atom stereocenters. The molecule has 4 rings (SSSR count). The Balaban J connectivity index is 1.37. The number of amides is 1. The second-order valence-electron chi connectivity index (χ2n) is 9.06. The number of hydrogen-bond donors (Lipinski definition) is 1. The summed E-state index contributed by atoms with van der Waals surface area (Å²) in [6, 6.07) is 12.3. The first-order valence-electron chi connectivity index (χ1n) is 11.7. The van der Waals surface area contributed by atoms with Gasteiger partial charge in [-0.15, -0.1) is 5.10 Å². The average molecular weight is 567 g/mol. The molecule has 1 aliphatic heterocycles. The second kappa shape index (κ2) is 10.9. The topological polar surface area (TPSA) is 140 Å². The second-order valence-corrected chi connectivity index (χ2v) is 13.9. The minimum atomic E-state index is -3.76. The molecule has 2 heterocycles. The molecule has 1 aromatic heterocycles. The molecule has 0 spiro atoms. The van der Waals surface area contributed by atoms with Gasteiger partial charge in [0, 0.05) is 18.1 Å². The van der Waals surface area contributed by atoms with Crippen LogP contribution in [0.1, 0.15) is 38.1 Å². The molecule has 0 bridgehead atoms. The molecule has 2 aromatic carbocycles. The van der Waals surface area contributed by atoms with E-state index in [1.807, 2.05) is 0 Å². The number of piperidine rings is 1. The molecular weight excluding hydrogens is 540 g/mol. The zero-order valence-corrected chi connectivity index (χ0v) is 22.7. The summed E-state index contributed by atoms with van der Waals surface area (Å²) in [6.45, 7) is 3.60. The van der Waals surface area contributed by atoms with E-state index in [0.29, 0.717) is 24.4 Å². The van der Waals surface area contributed by atoms with Crippen molar-refractivity contribution in [3.05, 3.63) is 65.0 Å². The first kappa shape index (κ1) is 27.2. The summed E-state index contributed by atoms with van der Waals surface area (Å²) < 4.78 is 57.4. The number of nitrogens with one attached hydrogen (secondary N) is 1. The lowest BCUT2D eigenvalue weighted by Crippen LogP contribution is -2.43. The highest BCUT2D eigenvalue weighted by molar-refractivity contribution is 7.92. The number of anilines is 1. The molecule has 13 heteroatoms. The van der Waals surface area contributed by atoms with E-state index in [9.17, 15) is 21.6 Å². The van der Waals surface area contributed by atoms with Gasteiger partial charge in [0.25, 0.3) is 0 Å². The van der Waals surface area contributed by atoms with Crippen LogP contribution in [0.25, 0.3) is 0 Å². The van der Waals surface area contributed by atoms with E-state index >= 15 is 0 Å². The highest BCUT2D eigenvalue weighted by atomic mass is 35.5. The Hall–Kier alpha value is -2.80. The Labute approximate surface area is 221 Å². The summed E-state index contributed by atoms with van der Waals surface area (Å²) in [5.41, 5.74) is 0.763. The van der Waals surface area contributed by atoms with Crippen LogP contribution in [0.5, 0.6) is 0 Å². The Morgan fingerprint density at radius 1 is 1.05 bits per heavy atom. The van der Waals surface area contributed by atoms with E-state index in [-0.39, 0.29) is 34.7 Å². The first-order chi connectivity index (χ1) is 17.5. The Morgan fingerprint density at radius 2 is 1.70 bits per heavy atom. The molecule has 1 N–H and O–H groups in total. The number of aromatic nitrogens is 2. The quantitative estimate of drug-likeness (QED) is 0.437. The number of carbonyl (C=O) groups excluding carboxylic acids is 1. The lowest BCUT2D eigenvalue weighted by atomic mass is 9.99. The fourth-order valence-electron chi connectivity index (χ4n) is 3.96. The smallest absolute Gasteiger partial charge is 0.322 e. The van der Waals surface area contributed by atoms with E-state index in [4.69, 9.17) is 16.0 Å². The van der Waals surface area contributed by atoms with Gasteiger partial charge in [-0.3, -0.25) is 10.1 Å². The van der Waals surface area contributed by atoms with Crippen molar-refractivity contribution in [1.29, 1.82) is 0 Å². The molecule has 1 aliphatic rings. The van der Waals surface area contributed by atoms with Crippen molar-refractivity contribution in [2.45, 2.75) is 48.2 Å². The predicted octanol–water partition coefficient (Wildman–Crippen LogP) is 3.54. The number of sulfone groups is 1. The van der Waals surface area contributed by atoms with Gasteiger partial charge < -0.3 is 4.42 Å². The maximum absolute atomic E-state index is 13.0. The zero-order valence-electron chi connectivity index (χ0n) is 20.3. The van der Waals surface area contributed by atoms with Crippen LogP contribution in [0.2, 0.25) is 5.02 Å². The average Bonchev–Trinajstić information content (AvgIpc) is 3.31. The van der Waals surface area contributed by atoms with Crippen molar-refractivity contribution >= 4 is 43.4 Å². The number of rotatable bonds is 8. The van der Waals surface area contributed by atoms with Crippen LogP contribution >= 0.6 is 11.6 Å². The SMILES string of the molecule is CC(C)S(=O)(=O)c1ccc(Cc2nnc(NC(=O)C3CCCN(S(=O)(=O)c4ccc(Cl)cc4)C3)o2)cc1. The minimum absolute atomic E-state index is 0.0312. The van der Waals surface area contributed by atoms with Gasteiger partial charge in [-0.2, -0.15) is 4.31 Å². The lowest BCUT2D eigenvalue weighted by molar-refractivity contribution is -0.121. The molecule has 0 aliphatic carbocycles. The van der Waals surface area contributed by atoms with E-state index in [0.717, 1.165) is 5.56 Å². The van der Waals surface area contributed by atoms with Gasteiger partial charge in [0.2, 0.25) is 21.8 Å². The molecule has 1 fully saturated rings. The van der Waals surface area contributed by atoms with Gasteiger partial charge in [0.1, 0.15) is 0 Å². The van der Waals surface area contributed by atoms with E-state index < -0.39 is 36.9 Å². The van der Waals surface area contributed by atoms with E-state index in [2.05, 4.69) is 15.5 Å². The van der Waals surface area contributed by atoms with Crippen LogP contribution in [0.15, 0.2) is 62.7 Å². The normalized spacial score (nSPS) is 17.1. The number of hydrogen-bond acceptors (Lipinski definition) is 8. The number of halogens is 1. The monoisotopic (exact) mass is 566 g/mol. The molecule has 37 heavy (non-hydrogen) atoms. The van der Waals surface area contributed by atoms with Gasteiger partial charge in [0.15, 0.2) is 9.84 Å². The van der Waals surface area contributed by atoms with Gasteiger partial charge in [-0.25, -0.2) is 16.8 Å². The van der Waals surface area contributed by atoms with Crippen LogP contribution in [0, 0.1) is 5.92 Å². The van der Waals surface area contributed by atoms with Gasteiger partial charge in [0.05, 0.1) is 27.4 Å². The van der Waals surface area contributed by atoms with Crippen molar-refractivity contribution in [3.63, 3.8) is 0 Å². The Morgan fingerprint density at radius 3 is 2.35 bits per heavy atom. The minimum Gasteiger partial charge on any atom is -0.407 e.